The third-order valence-corrected chi connectivity index (χ3v) is 3.55. The molecule has 1 aliphatic carbocycles. The Bertz CT molecular complexity index is 541. The summed E-state index contributed by atoms with van der Waals surface area (Å²) in [7, 11) is 0. The molecule has 0 aliphatic heterocycles. The maximum absolute atomic E-state index is 13.4. The number of carboxylic acid groups (broad SMARTS) is 1. The first-order valence-electron chi connectivity index (χ1n) is 6.35. The molecule has 1 saturated carbocycles. The lowest BCUT2D eigenvalue weighted by molar-refractivity contribution is -0.385. The number of halogens is 1. The van der Waals surface area contributed by atoms with Crippen LogP contribution in [0.15, 0.2) is 18.2 Å². The van der Waals surface area contributed by atoms with Crippen LogP contribution in [0.4, 0.5) is 15.8 Å². The molecule has 0 atom stereocenters. The smallest absolute Gasteiger partial charge is 0.305 e. The van der Waals surface area contributed by atoms with Crippen LogP contribution in [0.1, 0.15) is 32.1 Å². The average molecular weight is 282 g/mol. The van der Waals surface area contributed by atoms with E-state index in [2.05, 4.69) is 5.32 Å². The number of rotatable bonds is 5. The zero-order valence-electron chi connectivity index (χ0n) is 10.8. The Hall–Kier alpha value is -2.18. The van der Waals surface area contributed by atoms with Crippen molar-refractivity contribution in [2.24, 2.45) is 0 Å². The summed E-state index contributed by atoms with van der Waals surface area (Å²) in [5.41, 5.74) is -0.746. The Morgan fingerprint density at radius 2 is 2.05 bits per heavy atom. The molecule has 0 radical (unpaired) electrons. The van der Waals surface area contributed by atoms with Crippen LogP contribution in [-0.2, 0) is 4.79 Å². The van der Waals surface area contributed by atoms with Crippen LogP contribution < -0.4 is 5.32 Å². The fraction of sp³-hybridized carbons (Fsp3) is 0.462. The van der Waals surface area contributed by atoms with Gasteiger partial charge in [-0.3, -0.25) is 14.9 Å². The Kier molecular flexibility index (Phi) is 3.87. The number of nitrogens with one attached hydrogen (secondary N) is 1. The van der Waals surface area contributed by atoms with Gasteiger partial charge in [-0.15, -0.1) is 0 Å². The number of anilines is 1. The van der Waals surface area contributed by atoms with E-state index in [4.69, 9.17) is 5.11 Å². The summed E-state index contributed by atoms with van der Waals surface area (Å²) < 4.78 is 13.4. The molecule has 0 unspecified atom stereocenters. The van der Waals surface area contributed by atoms with Crippen LogP contribution in [0.5, 0.6) is 0 Å². The summed E-state index contributed by atoms with van der Waals surface area (Å²) in [5.74, 6) is -1.66. The lowest BCUT2D eigenvalue weighted by Crippen LogP contribution is -2.37. The molecular weight excluding hydrogens is 267 g/mol. The first-order chi connectivity index (χ1) is 9.40. The summed E-state index contributed by atoms with van der Waals surface area (Å²) in [6.07, 6.45) is 3.00. The van der Waals surface area contributed by atoms with Crippen LogP contribution in [0.2, 0.25) is 0 Å². The topological polar surface area (TPSA) is 92.5 Å². The molecule has 2 rings (SSSR count). The van der Waals surface area contributed by atoms with Crippen molar-refractivity contribution in [1.82, 2.24) is 0 Å². The number of non-ortho nitro benzene ring substituents is 1. The molecule has 1 aliphatic rings. The lowest BCUT2D eigenvalue weighted by atomic mass is 9.92. The third kappa shape index (κ3) is 3.23. The van der Waals surface area contributed by atoms with Crippen LogP contribution >= 0.6 is 0 Å². The lowest BCUT2D eigenvalue weighted by Gasteiger charge is -2.29. The van der Waals surface area contributed by atoms with E-state index < -0.39 is 22.2 Å². The molecule has 1 aromatic carbocycles. The highest BCUT2D eigenvalue weighted by molar-refractivity contribution is 5.70. The minimum Gasteiger partial charge on any atom is -0.481 e. The van der Waals surface area contributed by atoms with E-state index in [1.165, 1.54) is 6.07 Å². The van der Waals surface area contributed by atoms with Crippen LogP contribution in [0, 0.1) is 15.9 Å². The molecule has 0 heterocycles. The number of hydrogen-bond acceptors (Lipinski definition) is 4. The maximum Gasteiger partial charge on any atom is 0.305 e. The SMILES string of the molecule is O=C(O)CC1(Nc2cc(F)cc([N+](=O)[O-])c2)CCCC1. The number of benzene rings is 1. The first-order valence-corrected chi connectivity index (χ1v) is 6.35. The van der Waals surface area contributed by atoms with Crippen molar-refractivity contribution < 1.29 is 19.2 Å². The van der Waals surface area contributed by atoms with E-state index in [1.807, 2.05) is 0 Å². The molecule has 108 valence electrons. The van der Waals surface area contributed by atoms with Crippen molar-refractivity contribution in [2.45, 2.75) is 37.6 Å². The van der Waals surface area contributed by atoms with Crippen LogP contribution in [0.3, 0.4) is 0 Å². The molecule has 7 heteroatoms. The molecular formula is C13H15FN2O4. The Balaban J connectivity index is 2.27. The summed E-state index contributed by atoms with van der Waals surface area (Å²) in [6, 6.07) is 3.21. The standard InChI is InChI=1S/C13H15FN2O4/c14-9-5-10(7-11(6-9)16(19)20)15-13(8-12(17)18)3-1-2-4-13/h5-7,15H,1-4,8H2,(H,17,18). The summed E-state index contributed by atoms with van der Waals surface area (Å²) in [6.45, 7) is 0. The second-order valence-corrected chi connectivity index (χ2v) is 5.14. The third-order valence-electron chi connectivity index (χ3n) is 3.55. The average Bonchev–Trinajstić information content (AvgIpc) is 2.75. The Labute approximate surface area is 114 Å². The van der Waals surface area contributed by atoms with Gasteiger partial charge in [0.25, 0.3) is 5.69 Å². The number of carbonyl (C=O) groups is 1. The number of carboxylic acids is 1. The van der Waals surface area contributed by atoms with E-state index in [-0.39, 0.29) is 17.8 Å². The zero-order valence-corrected chi connectivity index (χ0v) is 10.8. The second-order valence-electron chi connectivity index (χ2n) is 5.14. The molecule has 0 saturated heterocycles. The number of nitrogens with zero attached hydrogens (tertiary/aromatic N) is 1. The summed E-state index contributed by atoms with van der Waals surface area (Å²) in [5, 5.41) is 22.7. The highest BCUT2D eigenvalue weighted by Gasteiger charge is 2.36. The van der Waals surface area contributed by atoms with Gasteiger partial charge in [-0.2, -0.15) is 0 Å². The maximum atomic E-state index is 13.4. The van der Waals surface area contributed by atoms with Gasteiger partial charge in [-0.05, 0) is 18.9 Å². The predicted octanol–water partition coefficient (Wildman–Crippen LogP) is 2.93. The van der Waals surface area contributed by atoms with Gasteiger partial charge in [0.2, 0.25) is 0 Å². The van der Waals surface area contributed by atoms with Gasteiger partial charge in [-0.25, -0.2) is 4.39 Å². The van der Waals surface area contributed by atoms with Gasteiger partial charge in [-0.1, -0.05) is 12.8 Å². The van der Waals surface area contributed by atoms with Crippen molar-refractivity contribution in [3.05, 3.63) is 34.1 Å². The Morgan fingerprint density at radius 3 is 2.60 bits per heavy atom. The van der Waals surface area contributed by atoms with Crippen molar-refractivity contribution in [2.75, 3.05) is 5.32 Å². The highest BCUT2D eigenvalue weighted by Crippen LogP contribution is 2.36. The van der Waals surface area contributed by atoms with Gasteiger partial charge < -0.3 is 10.4 Å². The monoisotopic (exact) mass is 282 g/mol. The molecule has 2 N–H and O–H groups in total. The molecule has 0 spiro atoms. The van der Waals surface area contributed by atoms with Crippen molar-refractivity contribution in [1.29, 1.82) is 0 Å². The molecule has 20 heavy (non-hydrogen) atoms. The first kappa shape index (κ1) is 14.2. The van der Waals surface area contributed by atoms with E-state index >= 15 is 0 Å². The number of nitro benzene ring substituents is 1. The molecule has 0 aromatic heterocycles. The van der Waals surface area contributed by atoms with Crippen molar-refractivity contribution in [3.8, 4) is 0 Å². The normalized spacial score (nSPS) is 16.9. The molecule has 0 amide bonds. The second kappa shape index (κ2) is 5.44. The van der Waals surface area contributed by atoms with Gasteiger partial charge in [0.1, 0.15) is 5.82 Å². The van der Waals surface area contributed by atoms with Crippen molar-refractivity contribution in [3.63, 3.8) is 0 Å². The zero-order chi connectivity index (χ0) is 14.8. The van der Waals surface area contributed by atoms with E-state index in [9.17, 15) is 19.3 Å². The van der Waals surface area contributed by atoms with Crippen LogP contribution in [-0.4, -0.2) is 21.5 Å². The predicted molar refractivity (Wildman–Crippen MR) is 70.1 cm³/mol. The molecule has 0 bridgehead atoms. The van der Waals surface area contributed by atoms with Gasteiger partial charge in [0.05, 0.1) is 17.4 Å². The van der Waals surface area contributed by atoms with Gasteiger partial charge in [0.15, 0.2) is 0 Å². The molecule has 1 fully saturated rings. The largest absolute Gasteiger partial charge is 0.481 e. The summed E-state index contributed by atoms with van der Waals surface area (Å²) >= 11 is 0. The van der Waals surface area contributed by atoms with Gasteiger partial charge in [0, 0.05) is 17.3 Å². The quantitative estimate of drug-likeness (QED) is 0.639. The molecule has 6 nitrogen and oxygen atoms in total. The van der Waals surface area contributed by atoms with Gasteiger partial charge >= 0.3 is 5.97 Å². The Morgan fingerprint density at radius 1 is 1.40 bits per heavy atom. The fourth-order valence-corrected chi connectivity index (χ4v) is 2.75. The summed E-state index contributed by atoms with van der Waals surface area (Å²) in [4.78, 5) is 21.0. The minimum atomic E-state index is -0.940. The number of nitro groups is 1. The number of aliphatic carboxylic acids is 1. The van der Waals surface area contributed by atoms with E-state index in [1.54, 1.807) is 0 Å². The minimum absolute atomic E-state index is 0.0860. The highest BCUT2D eigenvalue weighted by atomic mass is 19.1. The van der Waals surface area contributed by atoms with Crippen LogP contribution in [0.25, 0.3) is 0 Å². The van der Waals surface area contributed by atoms with Crippen molar-refractivity contribution >= 4 is 17.3 Å². The molecule has 1 aromatic rings. The fourth-order valence-electron chi connectivity index (χ4n) is 2.75. The van der Waals surface area contributed by atoms with E-state index in [0.29, 0.717) is 12.8 Å². The van der Waals surface area contributed by atoms with E-state index in [0.717, 1.165) is 25.0 Å². The number of hydrogen-bond donors (Lipinski definition) is 2.